The number of sulfone groups is 1. The van der Waals surface area contributed by atoms with E-state index in [2.05, 4.69) is 0 Å². The van der Waals surface area contributed by atoms with E-state index >= 15 is 0 Å². The van der Waals surface area contributed by atoms with Gasteiger partial charge >= 0.3 is 0 Å². The molecule has 0 spiro atoms. The second-order valence-electron chi connectivity index (χ2n) is 5.35. The summed E-state index contributed by atoms with van der Waals surface area (Å²) in [6.07, 6.45) is 0.990. The fraction of sp³-hybridized carbons (Fsp3) is 0.571. The summed E-state index contributed by atoms with van der Waals surface area (Å²) in [5.41, 5.74) is 0. The number of methoxy groups -OCH3 is 1. The van der Waals surface area contributed by atoms with Crippen molar-refractivity contribution in [3.63, 3.8) is 0 Å². The van der Waals surface area contributed by atoms with Crippen molar-refractivity contribution >= 4 is 19.9 Å². The minimum Gasteiger partial charge on any atom is -0.497 e. The molecule has 0 N–H and O–H groups in total. The summed E-state index contributed by atoms with van der Waals surface area (Å²) < 4.78 is 55.3. The standard InChI is InChI=1S/C14H21NO5S2/c1-3-9-15(12-8-10-21(16,17)11-12)22(18,19)14-6-4-13(20-2)5-7-14/h4-7,12H,3,8-11H2,1-2H3/t12-/m1/s1. The maximum absolute atomic E-state index is 12.8. The third-order valence-electron chi connectivity index (χ3n) is 3.73. The molecule has 0 aromatic heterocycles. The zero-order chi connectivity index (χ0) is 16.4. The molecule has 8 heteroatoms. The summed E-state index contributed by atoms with van der Waals surface area (Å²) in [5.74, 6) is 0.530. The average molecular weight is 347 g/mol. The Balaban J connectivity index is 2.33. The quantitative estimate of drug-likeness (QED) is 0.774. The highest BCUT2D eigenvalue weighted by Gasteiger charge is 2.38. The highest BCUT2D eigenvalue weighted by atomic mass is 32.2. The SMILES string of the molecule is CCCN([C@@H]1CCS(=O)(=O)C1)S(=O)(=O)c1ccc(OC)cc1. The van der Waals surface area contributed by atoms with Crippen LogP contribution in [-0.4, -0.2) is 52.3 Å². The van der Waals surface area contributed by atoms with Gasteiger partial charge in [-0.3, -0.25) is 0 Å². The Morgan fingerprint density at radius 2 is 1.91 bits per heavy atom. The number of nitrogens with zero attached hydrogens (tertiary/aromatic N) is 1. The third kappa shape index (κ3) is 3.61. The molecule has 0 bridgehead atoms. The van der Waals surface area contributed by atoms with Crippen LogP contribution in [0.15, 0.2) is 29.2 Å². The number of hydrogen-bond acceptors (Lipinski definition) is 5. The molecule has 22 heavy (non-hydrogen) atoms. The van der Waals surface area contributed by atoms with Crippen molar-refractivity contribution in [2.45, 2.75) is 30.7 Å². The van der Waals surface area contributed by atoms with Crippen molar-refractivity contribution in [3.8, 4) is 5.75 Å². The number of rotatable bonds is 6. The topological polar surface area (TPSA) is 80.8 Å². The first-order valence-electron chi connectivity index (χ1n) is 7.16. The van der Waals surface area contributed by atoms with Gasteiger partial charge in [0.15, 0.2) is 9.84 Å². The second kappa shape index (κ2) is 6.55. The van der Waals surface area contributed by atoms with E-state index in [9.17, 15) is 16.8 Å². The number of hydrogen-bond donors (Lipinski definition) is 0. The van der Waals surface area contributed by atoms with Gasteiger partial charge in [0.25, 0.3) is 0 Å². The third-order valence-corrected chi connectivity index (χ3v) is 7.44. The average Bonchev–Trinajstić information content (AvgIpc) is 2.84. The highest BCUT2D eigenvalue weighted by Crippen LogP contribution is 2.26. The molecular formula is C14H21NO5S2. The lowest BCUT2D eigenvalue weighted by Crippen LogP contribution is -2.41. The van der Waals surface area contributed by atoms with Crippen molar-refractivity contribution in [3.05, 3.63) is 24.3 Å². The maximum atomic E-state index is 12.8. The molecule has 0 amide bonds. The van der Waals surface area contributed by atoms with Crippen LogP contribution in [-0.2, 0) is 19.9 Å². The van der Waals surface area contributed by atoms with Crippen LogP contribution >= 0.6 is 0 Å². The molecule has 2 rings (SSSR count). The fourth-order valence-electron chi connectivity index (χ4n) is 2.60. The van der Waals surface area contributed by atoms with E-state index in [-0.39, 0.29) is 16.4 Å². The molecule has 1 aliphatic heterocycles. The summed E-state index contributed by atoms with van der Waals surface area (Å²) in [7, 11) is -5.34. The molecular weight excluding hydrogens is 326 g/mol. The molecule has 1 fully saturated rings. The van der Waals surface area contributed by atoms with Gasteiger partial charge in [-0.1, -0.05) is 6.92 Å². The summed E-state index contributed by atoms with van der Waals surface area (Å²) in [6, 6.07) is 5.67. The number of ether oxygens (including phenoxy) is 1. The lowest BCUT2D eigenvalue weighted by atomic mass is 10.2. The van der Waals surface area contributed by atoms with E-state index in [1.807, 2.05) is 6.92 Å². The van der Waals surface area contributed by atoms with Crippen LogP contribution in [0, 0.1) is 0 Å². The van der Waals surface area contributed by atoms with Crippen molar-refractivity contribution in [2.24, 2.45) is 0 Å². The van der Waals surface area contributed by atoms with Crippen molar-refractivity contribution in [1.82, 2.24) is 4.31 Å². The molecule has 0 radical (unpaired) electrons. The Kier molecular flexibility index (Phi) is 5.14. The first-order valence-corrected chi connectivity index (χ1v) is 10.4. The minimum atomic E-state index is -3.71. The molecule has 1 aromatic rings. The maximum Gasteiger partial charge on any atom is 0.243 e. The van der Waals surface area contributed by atoms with E-state index in [0.29, 0.717) is 25.1 Å². The van der Waals surface area contributed by atoms with Gasteiger partial charge in [-0.05, 0) is 37.1 Å². The zero-order valence-corrected chi connectivity index (χ0v) is 14.4. The lowest BCUT2D eigenvalue weighted by Gasteiger charge is -2.27. The molecule has 0 saturated carbocycles. The van der Waals surface area contributed by atoms with Gasteiger partial charge in [0.1, 0.15) is 5.75 Å². The van der Waals surface area contributed by atoms with E-state index in [4.69, 9.17) is 4.74 Å². The second-order valence-corrected chi connectivity index (χ2v) is 9.47. The van der Waals surface area contributed by atoms with Crippen molar-refractivity contribution < 1.29 is 21.6 Å². The van der Waals surface area contributed by atoms with Crippen LogP contribution in [0.3, 0.4) is 0 Å². The van der Waals surface area contributed by atoms with Crippen LogP contribution in [0.5, 0.6) is 5.75 Å². The highest BCUT2D eigenvalue weighted by molar-refractivity contribution is 7.92. The molecule has 0 aliphatic carbocycles. The minimum absolute atomic E-state index is 0.0516. The van der Waals surface area contributed by atoms with Crippen LogP contribution in [0.2, 0.25) is 0 Å². The monoisotopic (exact) mass is 347 g/mol. The lowest BCUT2D eigenvalue weighted by molar-refractivity contribution is 0.340. The largest absolute Gasteiger partial charge is 0.497 e. The predicted octanol–water partition coefficient (Wildman–Crippen LogP) is 1.28. The fourth-order valence-corrected chi connectivity index (χ4v) is 6.18. The molecule has 6 nitrogen and oxygen atoms in total. The molecule has 1 aliphatic rings. The van der Waals surface area contributed by atoms with E-state index in [1.165, 1.54) is 23.5 Å². The van der Waals surface area contributed by atoms with E-state index in [0.717, 1.165) is 0 Å². The molecule has 0 unspecified atom stereocenters. The number of benzene rings is 1. The van der Waals surface area contributed by atoms with Gasteiger partial charge in [0.2, 0.25) is 10.0 Å². The van der Waals surface area contributed by atoms with E-state index < -0.39 is 25.9 Å². The molecule has 1 heterocycles. The molecule has 1 saturated heterocycles. The van der Waals surface area contributed by atoms with Crippen molar-refractivity contribution in [2.75, 3.05) is 25.2 Å². The van der Waals surface area contributed by atoms with Crippen molar-refractivity contribution in [1.29, 1.82) is 0 Å². The van der Waals surface area contributed by atoms with Crippen LogP contribution in [0.4, 0.5) is 0 Å². The summed E-state index contributed by atoms with van der Waals surface area (Å²) in [5, 5.41) is 0. The Bertz CT molecular complexity index is 710. The van der Waals surface area contributed by atoms with Gasteiger partial charge in [0.05, 0.1) is 23.5 Å². The smallest absolute Gasteiger partial charge is 0.243 e. The van der Waals surface area contributed by atoms with Crippen LogP contribution in [0.25, 0.3) is 0 Å². The van der Waals surface area contributed by atoms with Crippen LogP contribution in [0.1, 0.15) is 19.8 Å². The Morgan fingerprint density at radius 3 is 2.36 bits per heavy atom. The number of sulfonamides is 1. The first kappa shape index (κ1) is 17.2. The Hall–Kier alpha value is -1.12. The summed E-state index contributed by atoms with van der Waals surface area (Å²) in [4.78, 5) is 0.158. The summed E-state index contributed by atoms with van der Waals surface area (Å²) >= 11 is 0. The van der Waals surface area contributed by atoms with E-state index in [1.54, 1.807) is 12.1 Å². The van der Waals surface area contributed by atoms with Crippen LogP contribution < -0.4 is 4.74 Å². The van der Waals surface area contributed by atoms with Gasteiger partial charge < -0.3 is 4.74 Å². The predicted molar refractivity (Wildman–Crippen MR) is 84.2 cm³/mol. The Labute approximate surface area is 132 Å². The Morgan fingerprint density at radius 1 is 1.27 bits per heavy atom. The molecule has 1 aromatic carbocycles. The first-order chi connectivity index (χ1) is 10.3. The zero-order valence-electron chi connectivity index (χ0n) is 12.7. The van der Waals surface area contributed by atoms with Gasteiger partial charge in [0, 0.05) is 12.6 Å². The van der Waals surface area contributed by atoms with Gasteiger partial charge in [-0.25, -0.2) is 16.8 Å². The molecule has 124 valence electrons. The van der Waals surface area contributed by atoms with Gasteiger partial charge in [-0.15, -0.1) is 0 Å². The molecule has 1 atom stereocenters. The normalized spacial score (nSPS) is 21.1. The van der Waals surface area contributed by atoms with Gasteiger partial charge in [-0.2, -0.15) is 4.31 Å². The summed E-state index contributed by atoms with van der Waals surface area (Å²) in [6.45, 7) is 2.19.